The van der Waals surface area contributed by atoms with Crippen molar-refractivity contribution in [2.75, 3.05) is 7.11 Å². The van der Waals surface area contributed by atoms with Crippen LogP contribution in [-0.4, -0.2) is 17.6 Å². The van der Waals surface area contributed by atoms with Gasteiger partial charge in [0.05, 0.1) is 0 Å². The van der Waals surface area contributed by atoms with Crippen LogP contribution in [0.5, 0.6) is 5.75 Å². The average molecular weight is 461 g/mol. The number of ether oxygens (including phenoxy) is 1. The van der Waals surface area contributed by atoms with Gasteiger partial charge in [-0.3, -0.25) is 0 Å². The van der Waals surface area contributed by atoms with E-state index in [0.29, 0.717) is 11.5 Å². The summed E-state index contributed by atoms with van der Waals surface area (Å²) in [5.41, 5.74) is -0.104. The van der Waals surface area contributed by atoms with Gasteiger partial charge in [0.1, 0.15) is 13.6 Å². The van der Waals surface area contributed by atoms with Gasteiger partial charge in [-0.05, 0) is 62.0 Å². The van der Waals surface area contributed by atoms with Crippen LogP contribution in [0.15, 0.2) is 24.3 Å². The number of hydrogen-bond donors (Lipinski definition) is 0. The first-order valence-corrected chi connectivity index (χ1v) is 11.0. The van der Waals surface area contributed by atoms with Gasteiger partial charge in [-0.25, -0.2) is 4.89 Å². The van der Waals surface area contributed by atoms with Crippen molar-refractivity contribution in [1.29, 1.82) is 0 Å². The van der Waals surface area contributed by atoms with E-state index in [0.717, 1.165) is 32.1 Å². The second-order valence-corrected chi connectivity index (χ2v) is 10.2. The predicted octanol–water partition coefficient (Wildman–Crippen LogP) is -3.78. The molecule has 1 saturated heterocycles. The van der Waals surface area contributed by atoms with Crippen molar-refractivity contribution >= 4 is 19.4 Å². The standard InChI is InChI=1S/C18H22ClO7P.2Na/c1-23-18(12-3-2-4-15(7-12)24-27(20,21)22)17(25-26-18)13-5-11-6-14(17)10-16(19,8-11)9-13;;/h2-4,7,11,13-14H,5-6,8-10H2,1H3,(H2,20,21,22);;/q;2*+1/p-2/t11?,13-,14+,16?,17?,18?;;. The molecule has 1 heterocycles. The third-order valence-corrected chi connectivity index (χ3v) is 7.76. The van der Waals surface area contributed by atoms with Crippen LogP contribution in [0.4, 0.5) is 0 Å². The molecule has 1 spiro atoms. The molecule has 0 aromatic heterocycles. The van der Waals surface area contributed by atoms with E-state index in [-0.39, 0.29) is 81.6 Å². The largest absolute Gasteiger partial charge is 1.00 e. The molecule has 5 aliphatic rings. The number of hydrogen-bond acceptors (Lipinski definition) is 7. The molecule has 0 N–H and O–H groups in total. The molecule has 1 aliphatic heterocycles. The van der Waals surface area contributed by atoms with E-state index in [9.17, 15) is 14.4 Å². The second kappa shape index (κ2) is 8.28. The van der Waals surface area contributed by atoms with Crippen LogP contribution in [0.3, 0.4) is 0 Å². The van der Waals surface area contributed by atoms with Crippen molar-refractivity contribution in [3.63, 3.8) is 0 Å². The van der Waals surface area contributed by atoms with Crippen molar-refractivity contribution < 1.29 is 92.5 Å². The molecule has 4 unspecified atom stereocenters. The van der Waals surface area contributed by atoms with Crippen LogP contribution in [0.1, 0.15) is 37.7 Å². The quantitative estimate of drug-likeness (QED) is 0.197. The zero-order chi connectivity index (χ0) is 19.1. The number of phosphoric ester groups is 1. The average Bonchev–Trinajstić information content (AvgIpc) is 2.52. The number of alkyl halides is 1. The van der Waals surface area contributed by atoms with Gasteiger partial charge in [0.15, 0.2) is 5.60 Å². The molecule has 1 aromatic carbocycles. The number of methoxy groups -OCH3 is 1. The van der Waals surface area contributed by atoms with Gasteiger partial charge in [0.25, 0.3) is 5.79 Å². The number of benzene rings is 1. The molecule has 4 bridgehead atoms. The van der Waals surface area contributed by atoms with Crippen molar-refractivity contribution in [3.05, 3.63) is 29.8 Å². The van der Waals surface area contributed by atoms with Crippen molar-refractivity contribution in [1.82, 2.24) is 0 Å². The normalized spacial score (nSPS) is 42.0. The minimum atomic E-state index is -5.16. The predicted molar refractivity (Wildman–Crippen MR) is 90.4 cm³/mol. The van der Waals surface area contributed by atoms with E-state index in [1.54, 1.807) is 19.2 Å². The summed E-state index contributed by atoms with van der Waals surface area (Å²) in [5.74, 6) is -0.293. The summed E-state index contributed by atoms with van der Waals surface area (Å²) in [4.78, 5) is 33.3. The molecule has 1 aromatic rings. The Balaban J connectivity index is 0.00000120. The summed E-state index contributed by atoms with van der Waals surface area (Å²) in [6.45, 7) is 0. The fourth-order valence-electron chi connectivity index (χ4n) is 6.23. The summed E-state index contributed by atoms with van der Waals surface area (Å²) in [6.07, 6.45) is 4.73. The minimum Gasteiger partial charge on any atom is -0.780 e. The number of phosphoric acid groups is 1. The molecule has 7 nitrogen and oxygen atoms in total. The summed E-state index contributed by atoms with van der Waals surface area (Å²) in [6, 6.07) is 6.25. The summed E-state index contributed by atoms with van der Waals surface area (Å²) < 4.78 is 21.4. The molecule has 29 heavy (non-hydrogen) atoms. The summed E-state index contributed by atoms with van der Waals surface area (Å²) in [5, 5.41) is 0. The smallest absolute Gasteiger partial charge is 0.780 e. The third kappa shape index (κ3) is 3.76. The fraction of sp³-hybridized carbons (Fsp3) is 0.667. The van der Waals surface area contributed by atoms with Gasteiger partial charge in [0.2, 0.25) is 0 Å². The van der Waals surface area contributed by atoms with Gasteiger partial charge in [0, 0.05) is 17.5 Å². The van der Waals surface area contributed by atoms with Crippen molar-refractivity contribution in [2.24, 2.45) is 17.8 Å². The molecule has 11 heteroatoms. The topological polar surface area (TPSA) is 100 Å². The van der Waals surface area contributed by atoms with Crippen LogP contribution in [0.25, 0.3) is 0 Å². The first-order valence-electron chi connectivity index (χ1n) is 9.13. The van der Waals surface area contributed by atoms with E-state index in [1.807, 2.05) is 0 Å². The molecular formula is C18H20ClNa2O7P. The maximum Gasteiger partial charge on any atom is 1.00 e. The van der Waals surface area contributed by atoms with Gasteiger partial charge < -0.3 is 23.6 Å². The summed E-state index contributed by atoms with van der Waals surface area (Å²) >= 11 is 6.86. The zero-order valence-corrected chi connectivity index (χ0v) is 22.4. The molecule has 0 radical (unpaired) electrons. The monoisotopic (exact) mass is 460 g/mol. The third-order valence-electron chi connectivity index (χ3n) is 6.86. The number of halogens is 1. The van der Waals surface area contributed by atoms with E-state index < -0.39 is 19.2 Å². The maximum atomic E-state index is 11.0. The Hall–Kier alpha value is 1.34. The Labute approximate surface area is 218 Å². The summed E-state index contributed by atoms with van der Waals surface area (Å²) in [7, 11) is -3.61. The van der Waals surface area contributed by atoms with E-state index >= 15 is 0 Å². The molecule has 6 rings (SSSR count). The van der Waals surface area contributed by atoms with Gasteiger partial charge >= 0.3 is 59.1 Å². The first-order chi connectivity index (χ1) is 12.7. The molecular weight excluding hydrogens is 441 g/mol. The Morgan fingerprint density at radius 1 is 1.14 bits per heavy atom. The van der Waals surface area contributed by atoms with E-state index in [4.69, 9.17) is 26.1 Å². The maximum absolute atomic E-state index is 11.0. The van der Waals surface area contributed by atoms with E-state index in [1.165, 1.54) is 12.1 Å². The fourth-order valence-corrected chi connectivity index (χ4v) is 7.19. The number of rotatable bonds is 4. The van der Waals surface area contributed by atoms with Gasteiger partial charge in [-0.15, -0.1) is 11.6 Å². The van der Waals surface area contributed by atoms with Crippen LogP contribution in [-0.2, 0) is 24.9 Å². The van der Waals surface area contributed by atoms with E-state index in [2.05, 4.69) is 4.52 Å². The SMILES string of the molecule is COC1(c2cccc(OP(=O)([O-])[O-])c2)OOC12[C@@H]1CC3C[C@H]2CC(Cl)(C3)C1.[Na+].[Na+]. The van der Waals surface area contributed by atoms with Crippen LogP contribution < -0.4 is 73.4 Å². The molecule has 4 saturated carbocycles. The Kier molecular flexibility index (Phi) is 7.13. The van der Waals surface area contributed by atoms with Gasteiger partial charge in [-0.2, -0.15) is 4.89 Å². The van der Waals surface area contributed by atoms with Gasteiger partial charge in [-0.1, -0.05) is 12.1 Å². The Morgan fingerprint density at radius 3 is 2.28 bits per heavy atom. The second-order valence-electron chi connectivity index (χ2n) is 8.34. The molecule has 148 valence electrons. The molecule has 0 amide bonds. The van der Waals surface area contributed by atoms with Crippen LogP contribution in [0.2, 0.25) is 0 Å². The van der Waals surface area contributed by atoms with Crippen molar-refractivity contribution in [3.8, 4) is 5.75 Å². The molecule has 5 fully saturated rings. The Morgan fingerprint density at radius 2 is 1.79 bits per heavy atom. The zero-order valence-electron chi connectivity index (χ0n) is 16.8. The first kappa shape index (κ1) is 25.0. The van der Waals surface area contributed by atoms with Crippen LogP contribution in [0, 0.1) is 17.8 Å². The minimum absolute atomic E-state index is 0. The Bertz CT molecular complexity index is 816. The van der Waals surface area contributed by atoms with Crippen molar-refractivity contribution in [2.45, 2.75) is 48.4 Å². The molecule has 4 aliphatic carbocycles. The molecule has 6 atom stereocenters. The van der Waals surface area contributed by atoms with Crippen LogP contribution >= 0.6 is 19.4 Å².